The molecule has 6 heterocycles. The number of aryl methyl sites for hydroxylation is 1. The molecule has 4 aromatic rings. The van der Waals surface area contributed by atoms with Gasteiger partial charge in [0.15, 0.2) is 11.3 Å². The number of fused-ring (bicyclic) bond motifs is 1. The molecule has 3 aromatic heterocycles. The molecule has 0 bridgehead atoms. The van der Waals surface area contributed by atoms with Gasteiger partial charge in [0.2, 0.25) is 18.2 Å². The summed E-state index contributed by atoms with van der Waals surface area (Å²) in [7, 11) is 3.53. The fourth-order valence-electron chi connectivity index (χ4n) is 9.60. The number of rotatable bonds is 16. The van der Waals surface area contributed by atoms with Gasteiger partial charge < -0.3 is 35.0 Å². The Bertz CT molecular complexity index is 2250. The summed E-state index contributed by atoms with van der Waals surface area (Å²) in [4.78, 5) is 62.5. The highest BCUT2D eigenvalue weighted by Gasteiger charge is 2.33. The Labute approximate surface area is 365 Å². The Morgan fingerprint density at radius 2 is 1.81 bits per heavy atom. The number of piperazine rings is 1. The van der Waals surface area contributed by atoms with E-state index in [2.05, 4.69) is 35.9 Å². The second kappa shape index (κ2) is 19.9. The molecule has 3 aliphatic heterocycles. The van der Waals surface area contributed by atoms with E-state index in [0.717, 1.165) is 120 Å². The lowest BCUT2D eigenvalue weighted by atomic mass is 9.85. The van der Waals surface area contributed by atoms with Crippen molar-refractivity contribution >= 4 is 52.7 Å². The van der Waals surface area contributed by atoms with E-state index in [0.29, 0.717) is 31.0 Å². The maximum atomic E-state index is 14.3. The number of imide groups is 1. The molecular weight excluding hydrogens is 815 g/mol. The first-order chi connectivity index (χ1) is 30.6. The number of hydrogen-bond acceptors (Lipinski definition) is 12. The number of nitrogens with zero attached hydrogens (tertiary/aromatic N) is 9. The molecule has 0 radical (unpaired) electrons. The molecule has 3 saturated heterocycles. The van der Waals surface area contributed by atoms with Crippen molar-refractivity contribution < 1.29 is 32.7 Å². The highest BCUT2D eigenvalue weighted by molar-refractivity contribution is 6.08. The minimum atomic E-state index is -2.85. The molecule has 1 unspecified atom stereocenters. The van der Waals surface area contributed by atoms with Crippen molar-refractivity contribution in [1.29, 1.82) is 0 Å². The van der Waals surface area contributed by atoms with Gasteiger partial charge >= 0.3 is 0 Å². The van der Waals surface area contributed by atoms with Crippen molar-refractivity contribution in [2.24, 2.45) is 5.92 Å². The van der Waals surface area contributed by atoms with E-state index in [1.54, 1.807) is 29.0 Å². The van der Waals surface area contributed by atoms with Gasteiger partial charge in [0.1, 0.15) is 17.4 Å². The van der Waals surface area contributed by atoms with Crippen LogP contribution in [-0.4, -0.2) is 132 Å². The molecular formula is C44H58F2N12O5. The highest BCUT2D eigenvalue weighted by atomic mass is 19.3. The van der Waals surface area contributed by atoms with Crippen molar-refractivity contribution in [2.75, 3.05) is 86.5 Å². The van der Waals surface area contributed by atoms with Crippen LogP contribution in [0.2, 0.25) is 0 Å². The fourth-order valence-corrected chi connectivity index (χ4v) is 9.60. The number of hydrogen-bond donors (Lipinski definition) is 3. The average Bonchev–Trinajstić information content (AvgIpc) is 3.93. The van der Waals surface area contributed by atoms with Crippen LogP contribution in [0.15, 0.2) is 42.9 Å². The van der Waals surface area contributed by atoms with E-state index >= 15 is 0 Å². The van der Waals surface area contributed by atoms with Crippen molar-refractivity contribution in [2.45, 2.75) is 88.8 Å². The number of likely N-dealkylation sites (tertiary alicyclic amines) is 1. The Balaban J connectivity index is 0.784. The number of anilines is 4. The van der Waals surface area contributed by atoms with Crippen molar-refractivity contribution in [3.63, 3.8) is 0 Å². The molecule has 17 nitrogen and oxygen atoms in total. The second-order valence-electron chi connectivity index (χ2n) is 17.2. The number of para-hydroxylation sites is 1. The zero-order chi connectivity index (χ0) is 44.0. The summed E-state index contributed by atoms with van der Waals surface area (Å²) in [5.41, 5.74) is 2.61. The summed E-state index contributed by atoms with van der Waals surface area (Å²) in [5, 5.41) is 17.0. The van der Waals surface area contributed by atoms with E-state index in [9.17, 15) is 28.0 Å². The van der Waals surface area contributed by atoms with Crippen molar-refractivity contribution in [3.05, 3.63) is 59.7 Å². The minimum Gasteiger partial charge on any atom is -0.378 e. The summed E-state index contributed by atoms with van der Waals surface area (Å²) in [5.74, 6) is 0.0704. The predicted octanol–water partition coefficient (Wildman–Crippen LogP) is 4.20. The van der Waals surface area contributed by atoms with Gasteiger partial charge in [0, 0.05) is 85.3 Å². The van der Waals surface area contributed by atoms with E-state index in [-0.39, 0.29) is 41.6 Å². The third-order valence-electron chi connectivity index (χ3n) is 13.1. The maximum Gasteiger partial charge on any atom is 0.284 e. The molecule has 3 N–H and O–H groups in total. The lowest BCUT2D eigenvalue weighted by Crippen LogP contribution is -2.51. The molecule has 1 aliphatic carbocycles. The molecule has 8 rings (SSSR count). The summed E-state index contributed by atoms with van der Waals surface area (Å²) in [6.07, 6.45) is 10.4. The molecule has 1 aromatic carbocycles. The first-order valence-corrected chi connectivity index (χ1v) is 22.2. The summed E-state index contributed by atoms with van der Waals surface area (Å²) in [6.45, 7) is 6.73. The predicted molar refractivity (Wildman–Crippen MR) is 233 cm³/mol. The van der Waals surface area contributed by atoms with E-state index < -0.39 is 24.1 Å². The number of piperidine rings is 2. The van der Waals surface area contributed by atoms with Gasteiger partial charge in [-0.3, -0.25) is 29.2 Å². The number of carbonyl (C=O) groups is 4. The van der Waals surface area contributed by atoms with Crippen LogP contribution in [0.5, 0.6) is 0 Å². The number of ether oxygens (including phenoxy) is 1. The number of amides is 4. The van der Waals surface area contributed by atoms with Gasteiger partial charge in [-0.15, -0.1) is 0 Å². The van der Waals surface area contributed by atoms with Crippen LogP contribution >= 0.6 is 0 Å². The van der Waals surface area contributed by atoms with Crippen molar-refractivity contribution in [1.82, 2.24) is 39.9 Å². The quantitative estimate of drug-likeness (QED) is 0.0834. The van der Waals surface area contributed by atoms with Gasteiger partial charge in [0.25, 0.3) is 12.3 Å². The molecule has 1 saturated carbocycles. The molecule has 338 valence electrons. The van der Waals surface area contributed by atoms with E-state index in [1.165, 1.54) is 10.7 Å². The van der Waals surface area contributed by atoms with Gasteiger partial charge in [-0.25, -0.2) is 18.3 Å². The first-order valence-electron chi connectivity index (χ1n) is 22.2. The first kappa shape index (κ1) is 44.1. The van der Waals surface area contributed by atoms with Gasteiger partial charge in [-0.1, -0.05) is 12.1 Å². The summed E-state index contributed by atoms with van der Waals surface area (Å²) >= 11 is 0. The number of likely N-dealkylation sites (N-methyl/N-ethyl adjacent to an activating group) is 1. The number of halogens is 2. The Hall–Kier alpha value is -5.53. The number of carbonyl (C=O) groups excluding carboxylic acids is 4. The monoisotopic (exact) mass is 872 g/mol. The highest BCUT2D eigenvalue weighted by Crippen LogP contribution is 2.37. The zero-order valence-electron chi connectivity index (χ0n) is 36.1. The topological polar surface area (TPSA) is 175 Å². The minimum absolute atomic E-state index is 0.000792. The van der Waals surface area contributed by atoms with Crippen LogP contribution < -0.4 is 30.7 Å². The van der Waals surface area contributed by atoms with Crippen LogP contribution in [0.3, 0.4) is 0 Å². The normalized spacial score (nSPS) is 21.5. The van der Waals surface area contributed by atoms with Crippen LogP contribution in [-0.2, 0) is 25.5 Å². The molecule has 0 spiro atoms. The number of benzene rings is 1. The zero-order valence-corrected chi connectivity index (χ0v) is 36.1. The second-order valence-corrected chi connectivity index (χ2v) is 17.2. The maximum absolute atomic E-state index is 14.3. The fraction of sp³-hybridized carbons (Fsp3) is 0.568. The molecule has 1 atom stereocenters. The van der Waals surface area contributed by atoms with Crippen molar-refractivity contribution in [3.8, 4) is 0 Å². The van der Waals surface area contributed by atoms with Gasteiger partial charge in [-0.05, 0) is 81.4 Å². The Morgan fingerprint density at radius 3 is 2.54 bits per heavy atom. The van der Waals surface area contributed by atoms with Crippen LogP contribution in [0, 0.1) is 5.92 Å². The molecule has 63 heavy (non-hydrogen) atoms. The third-order valence-corrected chi connectivity index (χ3v) is 13.1. The summed E-state index contributed by atoms with van der Waals surface area (Å²) < 4.78 is 38.0. The average molecular weight is 873 g/mol. The molecule has 19 heteroatoms. The smallest absolute Gasteiger partial charge is 0.284 e. The Morgan fingerprint density at radius 1 is 1.03 bits per heavy atom. The van der Waals surface area contributed by atoms with Gasteiger partial charge in [-0.2, -0.15) is 10.2 Å². The largest absolute Gasteiger partial charge is 0.378 e. The van der Waals surface area contributed by atoms with Crippen LogP contribution in [0.25, 0.3) is 5.65 Å². The SMILES string of the molecule is CN(C=O)c1c(CCCOC2CCN(CC3CCC(n4cc(NC(=O)c5cnn6ccc(N7CCNCC7)nc56)c(C(F)F)n4)CC3)CC2)cccc1N(C)C1CCC(=O)NC1=O. The summed E-state index contributed by atoms with van der Waals surface area (Å²) in [6, 6.07) is 7.15. The lowest BCUT2D eigenvalue weighted by Gasteiger charge is -2.36. The molecule has 4 amide bonds. The number of alkyl halides is 2. The molecule has 4 fully saturated rings. The lowest BCUT2D eigenvalue weighted by molar-refractivity contribution is -0.134. The third kappa shape index (κ3) is 10.2. The number of aromatic nitrogens is 5. The van der Waals surface area contributed by atoms with Gasteiger partial charge in [0.05, 0.1) is 35.4 Å². The Kier molecular flexibility index (Phi) is 13.9. The van der Waals surface area contributed by atoms with Crippen LogP contribution in [0.4, 0.5) is 31.7 Å². The van der Waals surface area contributed by atoms with E-state index in [4.69, 9.17) is 9.72 Å². The number of nitrogens with one attached hydrogen (secondary N) is 3. The van der Waals surface area contributed by atoms with E-state index in [1.807, 2.05) is 36.2 Å². The standard InChI is InChI=1S/C44H58F2N12O5/c1-53(28-59)40-30(5-3-7-35(40)54(2)36-12-13-38(60)51-44(36)62)6-4-24-63-32-14-19-55(20-15-32)26-29-8-10-31(11-9-29)58-27-34(39(52-58)41(45)46)49-43(61)33-25-48-57-21-16-37(50-42(33)57)56-22-17-47-18-23-56/h3,5,7,16,21,25,27-29,31-32,36,41,47H,4,6,8-15,17-20,22-24,26H2,1-2H3,(H,49,61)(H,51,60,62). The van der Waals surface area contributed by atoms with Crippen LogP contribution in [0.1, 0.15) is 91.9 Å². The molecule has 4 aliphatic rings.